The smallest absolute Gasteiger partial charge is 0.229 e. The molecule has 14 heteroatoms. The van der Waals surface area contributed by atoms with Crippen molar-refractivity contribution in [2.24, 2.45) is 0 Å². The topological polar surface area (TPSA) is 239 Å². The van der Waals surface area contributed by atoms with Gasteiger partial charge in [-0.1, -0.05) is 24.3 Å². The van der Waals surface area contributed by atoms with Crippen molar-refractivity contribution in [2.75, 3.05) is 13.2 Å². The summed E-state index contributed by atoms with van der Waals surface area (Å²) < 4.78 is 21.8. The minimum atomic E-state index is -1.72. The minimum absolute atomic E-state index is 0.149. The summed E-state index contributed by atoms with van der Waals surface area (Å²) in [5, 5.41) is 99.3. The summed E-state index contributed by atoms with van der Waals surface area (Å²) in [4.78, 5) is 0. The number of aromatic hydroxyl groups is 2. The van der Waals surface area contributed by atoms with Crippen molar-refractivity contribution < 1.29 is 70.0 Å². The van der Waals surface area contributed by atoms with Crippen LogP contribution < -0.4 is 9.47 Å². The maximum atomic E-state index is 10.4. The van der Waals surface area contributed by atoms with Gasteiger partial charge >= 0.3 is 0 Å². The molecule has 220 valence electrons. The van der Waals surface area contributed by atoms with E-state index in [-0.39, 0.29) is 22.8 Å². The molecule has 4 rings (SSSR count). The van der Waals surface area contributed by atoms with Crippen molar-refractivity contribution >= 4 is 12.2 Å². The monoisotopic (exact) mass is 568 g/mol. The van der Waals surface area contributed by atoms with Crippen LogP contribution >= 0.6 is 0 Å². The second kappa shape index (κ2) is 12.7. The minimum Gasteiger partial charge on any atom is -0.508 e. The standard InChI is InChI=1S/C26H32O14/c27-9-16-18(31)20(33)22(35)25(38-16)37-14-5-2-11(3-6-14)1-4-12-7-13(29)8-15(30)24(12)40-26-23(36)21(34)19(32)17(10-28)39-26/h1-8,16-23,25-36H,9-10H2/b4-1+/t16-,17-,18-,19-,20+,21+,22-,23-,25+,26+/m1/s1. The molecule has 0 saturated carbocycles. The van der Waals surface area contributed by atoms with Gasteiger partial charge in [0.25, 0.3) is 0 Å². The van der Waals surface area contributed by atoms with Gasteiger partial charge in [-0.05, 0) is 23.8 Å². The Morgan fingerprint density at radius 1 is 0.650 bits per heavy atom. The van der Waals surface area contributed by atoms with Crippen molar-refractivity contribution in [3.8, 4) is 23.0 Å². The molecular weight excluding hydrogens is 536 g/mol. The summed E-state index contributed by atoms with van der Waals surface area (Å²) in [6.45, 7) is -1.27. The summed E-state index contributed by atoms with van der Waals surface area (Å²) in [7, 11) is 0. The summed E-state index contributed by atoms with van der Waals surface area (Å²) in [5.74, 6) is -0.800. The van der Waals surface area contributed by atoms with E-state index in [2.05, 4.69) is 0 Å². The molecule has 0 amide bonds. The first-order chi connectivity index (χ1) is 19.0. The molecule has 2 aromatic rings. The van der Waals surface area contributed by atoms with Crippen LogP contribution in [0.2, 0.25) is 0 Å². The molecule has 0 unspecified atom stereocenters. The SMILES string of the molecule is OC[C@H]1O[C@@H](Oc2c(O)cc(O)cc2/C=C/c2ccc(O[C@H]3O[C@H](CO)[C@@H](O)[C@H](O)[C@H]3O)cc2)[C@H](O)[C@@H](O)[C@@H]1O. The van der Waals surface area contributed by atoms with Crippen LogP contribution in [0.4, 0.5) is 0 Å². The van der Waals surface area contributed by atoms with Gasteiger partial charge in [-0.25, -0.2) is 0 Å². The molecule has 2 heterocycles. The molecule has 10 atom stereocenters. The highest BCUT2D eigenvalue weighted by molar-refractivity contribution is 5.75. The van der Waals surface area contributed by atoms with E-state index in [1.165, 1.54) is 24.3 Å². The molecule has 2 aliphatic rings. The predicted molar refractivity (Wildman–Crippen MR) is 134 cm³/mol. The summed E-state index contributed by atoms with van der Waals surface area (Å²) in [6.07, 6.45) is -11.9. The summed E-state index contributed by atoms with van der Waals surface area (Å²) >= 11 is 0. The van der Waals surface area contributed by atoms with Crippen LogP contribution in [0, 0.1) is 0 Å². The van der Waals surface area contributed by atoms with Gasteiger partial charge in [-0.15, -0.1) is 0 Å². The third-order valence-corrected chi connectivity index (χ3v) is 6.60. The highest BCUT2D eigenvalue weighted by atomic mass is 16.7. The zero-order chi connectivity index (χ0) is 29.1. The maximum Gasteiger partial charge on any atom is 0.229 e. The lowest BCUT2D eigenvalue weighted by Gasteiger charge is -2.39. The van der Waals surface area contributed by atoms with Crippen LogP contribution in [0.3, 0.4) is 0 Å². The largest absolute Gasteiger partial charge is 0.508 e. The number of ether oxygens (including phenoxy) is 4. The van der Waals surface area contributed by atoms with Crippen molar-refractivity contribution in [3.63, 3.8) is 0 Å². The number of rotatable bonds is 8. The quantitative estimate of drug-likeness (QED) is 0.150. The Kier molecular flexibility index (Phi) is 9.48. The second-order valence-electron chi connectivity index (χ2n) is 9.42. The first-order valence-electron chi connectivity index (χ1n) is 12.3. The third-order valence-electron chi connectivity index (χ3n) is 6.60. The first kappa shape index (κ1) is 30.0. The fraction of sp³-hybridized carbons (Fsp3) is 0.462. The van der Waals surface area contributed by atoms with E-state index >= 15 is 0 Å². The Hall–Kier alpha value is -3.02. The fourth-order valence-electron chi connectivity index (χ4n) is 4.30. The van der Waals surface area contributed by atoms with E-state index in [1.807, 2.05) is 0 Å². The Balaban J connectivity index is 1.49. The first-order valence-corrected chi connectivity index (χ1v) is 12.3. The van der Waals surface area contributed by atoms with Crippen LogP contribution in [0.25, 0.3) is 12.2 Å². The Morgan fingerprint density at radius 3 is 1.70 bits per heavy atom. The van der Waals surface area contributed by atoms with E-state index in [1.54, 1.807) is 18.2 Å². The molecule has 0 bridgehead atoms. The molecule has 10 N–H and O–H groups in total. The molecule has 0 spiro atoms. The zero-order valence-electron chi connectivity index (χ0n) is 20.9. The van der Waals surface area contributed by atoms with E-state index < -0.39 is 80.4 Å². The molecule has 0 aromatic heterocycles. The fourth-order valence-corrected chi connectivity index (χ4v) is 4.30. The molecule has 40 heavy (non-hydrogen) atoms. The van der Waals surface area contributed by atoms with Crippen LogP contribution in [-0.2, 0) is 9.47 Å². The maximum absolute atomic E-state index is 10.4. The van der Waals surface area contributed by atoms with Crippen LogP contribution in [-0.4, -0.2) is 126 Å². The van der Waals surface area contributed by atoms with Gasteiger partial charge in [0, 0.05) is 11.6 Å². The highest BCUT2D eigenvalue weighted by Crippen LogP contribution is 2.38. The number of hydrogen-bond acceptors (Lipinski definition) is 14. The van der Waals surface area contributed by atoms with Crippen LogP contribution in [0.1, 0.15) is 11.1 Å². The van der Waals surface area contributed by atoms with Crippen molar-refractivity contribution in [1.82, 2.24) is 0 Å². The van der Waals surface area contributed by atoms with Gasteiger partial charge in [0.15, 0.2) is 11.5 Å². The lowest BCUT2D eigenvalue weighted by atomic mass is 9.99. The Labute approximate surface area is 227 Å². The molecule has 0 radical (unpaired) electrons. The number of phenols is 2. The lowest BCUT2D eigenvalue weighted by Crippen LogP contribution is -2.60. The predicted octanol–water partition coefficient (Wildman–Crippen LogP) is -2.37. The molecular formula is C26H32O14. The Bertz CT molecular complexity index is 1150. The third kappa shape index (κ3) is 6.31. The van der Waals surface area contributed by atoms with Gasteiger partial charge in [0.2, 0.25) is 12.6 Å². The summed E-state index contributed by atoms with van der Waals surface area (Å²) in [5.41, 5.74) is 0.749. The number of phenolic OH excluding ortho intramolecular Hbond substituents is 2. The average Bonchev–Trinajstić information content (AvgIpc) is 2.94. The van der Waals surface area contributed by atoms with Crippen molar-refractivity contribution in [3.05, 3.63) is 47.5 Å². The molecule has 14 nitrogen and oxygen atoms in total. The molecule has 2 aliphatic heterocycles. The van der Waals surface area contributed by atoms with Gasteiger partial charge < -0.3 is 70.0 Å². The van der Waals surface area contributed by atoms with Gasteiger partial charge in [0.05, 0.1) is 13.2 Å². The van der Waals surface area contributed by atoms with E-state index in [4.69, 9.17) is 18.9 Å². The normalized spacial score (nSPS) is 34.6. The molecule has 2 saturated heterocycles. The van der Waals surface area contributed by atoms with E-state index in [0.29, 0.717) is 5.56 Å². The lowest BCUT2D eigenvalue weighted by molar-refractivity contribution is -0.277. The number of benzene rings is 2. The molecule has 0 aliphatic carbocycles. The average molecular weight is 569 g/mol. The van der Waals surface area contributed by atoms with Gasteiger partial charge in [-0.2, -0.15) is 0 Å². The highest BCUT2D eigenvalue weighted by Gasteiger charge is 2.46. The number of aliphatic hydroxyl groups excluding tert-OH is 8. The second-order valence-corrected chi connectivity index (χ2v) is 9.42. The van der Waals surface area contributed by atoms with Crippen molar-refractivity contribution in [1.29, 1.82) is 0 Å². The van der Waals surface area contributed by atoms with E-state index in [9.17, 15) is 51.1 Å². The molecule has 2 aromatic carbocycles. The van der Waals surface area contributed by atoms with Gasteiger partial charge in [-0.3, -0.25) is 0 Å². The van der Waals surface area contributed by atoms with Crippen LogP contribution in [0.5, 0.6) is 23.0 Å². The Morgan fingerprint density at radius 2 is 1.18 bits per heavy atom. The zero-order valence-corrected chi connectivity index (χ0v) is 20.9. The van der Waals surface area contributed by atoms with Crippen molar-refractivity contribution in [2.45, 2.75) is 61.4 Å². The van der Waals surface area contributed by atoms with Gasteiger partial charge in [0.1, 0.15) is 60.3 Å². The molecule has 2 fully saturated rings. The number of hydrogen-bond donors (Lipinski definition) is 10. The van der Waals surface area contributed by atoms with E-state index in [0.717, 1.165) is 6.07 Å². The number of aliphatic hydroxyl groups is 8. The van der Waals surface area contributed by atoms with Crippen LogP contribution in [0.15, 0.2) is 36.4 Å². The summed E-state index contributed by atoms with van der Waals surface area (Å²) in [6, 6.07) is 8.50.